The van der Waals surface area contributed by atoms with Crippen LogP contribution in [0.4, 0.5) is 0 Å². The molecular weight excluding hydrogens is 156 g/mol. The van der Waals surface area contributed by atoms with Gasteiger partial charge in [-0.25, -0.2) is 0 Å². The van der Waals surface area contributed by atoms with Gasteiger partial charge in [0.05, 0.1) is 0 Å². The third-order valence-electron chi connectivity index (χ3n) is 3.95. The summed E-state index contributed by atoms with van der Waals surface area (Å²) in [6.07, 6.45) is 4.08. The summed E-state index contributed by atoms with van der Waals surface area (Å²) >= 11 is 0. The van der Waals surface area contributed by atoms with Crippen molar-refractivity contribution in [1.29, 1.82) is 0 Å². The molecule has 0 radical (unpaired) electrons. The second-order valence-electron chi connectivity index (χ2n) is 4.32. The zero-order chi connectivity index (χ0) is 9.31. The molecule has 0 heteroatoms. The Morgan fingerprint density at radius 3 is 2.38 bits per heavy atom. The molecule has 0 saturated heterocycles. The molecule has 1 aliphatic rings. The molecule has 2 atom stereocenters. The summed E-state index contributed by atoms with van der Waals surface area (Å²) in [5.74, 6) is 0.875. The highest BCUT2D eigenvalue weighted by Gasteiger charge is 2.43. The van der Waals surface area contributed by atoms with Gasteiger partial charge in [-0.15, -0.1) is 0 Å². The molecule has 2 rings (SSSR count). The monoisotopic (exact) mass is 174 g/mol. The summed E-state index contributed by atoms with van der Waals surface area (Å²) < 4.78 is 0. The quantitative estimate of drug-likeness (QED) is 0.640. The van der Waals surface area contributed by atoms with Gasteiger partial charge in [0.25, 0.3) is 0 Å². The topological polar surface area (TPSA) is 0 Å². The lowest BCUT2D eigenvalue weighted by atomic mass is 9.56. The average Bonchev–Trinajstić information content (AvgIpc) is 2.19. The summed E-state index contributed by atoms with van der Waals surface area (Å²) in [5.41, 5.74) is 2.07. The van der Waals surface area contributed by atoms with E-state index in [0.717, 1.165) is 5.92 Å². The molecular formula is C13H18. The van der Waals surface area contributed by atoms with Crippen molar-refractivity contribution < 1.29 is 0 Å². The minimum Gasteiger partial charge on any atom is -0.0645 e. The average molecular weight is 174 g/mol. The van der Waals surface area contributed by atoms with Crippen LogP contribution >= 0.6 is 0 Å². The van der Waals surface area contributed by atoms with Crippen molar-refractivity contribution in [3.05, 3.63) is 35.9 Å². The van der Waals surface area contributed by atoms with E-state index in [9.17, 15) is 0 Å². The van der Waals surface area contributed by atoms with Crippen molar-refractivity contribution in [3.63, 3.8) is 0 Å². The lowest BCUT2D eigenvalue weighted by molar-refractivity contribution is 0.132. The fourth-order valence-corrected chi connectivity index (χ4v) is 2.71. The van der Waals surface area contributed by atoms with Gasteiger partial charge < -0.3 is 0 Å². The van der Waals surface area contributed by atoms with E-state index in [4.69, 9.17) is 0 Å². The summed E-state index contributed by atoms with van der Waals surface area (Å²) in [4.78, 5) is 0. The first-order valence-corrected chi connectivity index (χ1v) is 5.35. The zero-order valence-corrected chi connectivity index (χ0v) is 8.59. The number of rotatable bonds is 2. The van der Waals surface area contributed by atoms with E-state index in [1.807, 2.05) is 0 Å². The maximum atomic E-state index is 2.39. The Hall–Kier alpha value is -0.780. The van der Waals surface area contributed by atoms with Crippen LogP contribution in [-0.2, 0) is 5.41 Å². The van der Waals surface area contributed by atoms with Crippen LogP contribution in [0.1, 0.15) is 38.7 Å². The molecule has 0 amide bonds. The molecule has 1 aliphatic carbocycles. The Labute approximate surface area is 81.0 Å². The Morgan fingerprint density at radius 1 is 1.31 bits per heavy atom. The molecule has 0 aromatic heterocycles. The molecule has 0 aliphatic heterocycles. The maximum Gasteiger partial charge on any atom is -0.00239 e. The van der Waals surface area contributed by atoms with Crippen LogP contribution in [0.2, 0.25) is 0 Å². The van der Waals surface area contributed by atoms with Gasteiger partial charge in [0.15, 0.2) is 0 Å². The van der Waals surface area contributed by atoms with Gasteiger partial charge in [0.1, 0.15) is 0 Å². The number of hydrogen-bond acceptors (Lipinski definition) is 0. The second-order valence-corrected chi connectivity index (χ2v) is 4.32. The van der Waals surface area contributed by atoms with E-state index in [1.165, 1.54) is 19.3 Å². The minimum atomic E-state index is 0.515. The Bertz CT molecular complexity index is 271. The molecule has 13 heavy (non-hydrogen) atoms. The van der Waals surface area contributed by atoms with Gasteiger partial charge >= 0.3 is 0 Å². The highest BCUT2D eigenvalue weighted by Crippen LogP contribution is 2.50. The maximum absolute atomic E-state index is 2.39. The number of benzene rings is 1. The molecule has 0 heterocycles. The molecule has 0 nitrogen and oxygen atoms in total. The summed E-state index contributed by atoms with van der Waals surface area (Å²) in [6.45, 7) is 4.71. The van der Waals surface area contributed by atoms with E-state index in [0.29, 0.717) is 5.41 Å². The molecule has 1 aromatic carbocycles. The first-order valence-electron chi connectivity index (χ1n) is 5.35. The van der Waals surface area contributed by atoms with Gasteiger partial charge in [-0.1, -0.05) is 44.2 Å². The van der Waals surface area contributed by atoms with Gasteiger partial charge in [-0.05, 0) is 36.2 Å². The Balaban J connectivity index is 2.33. The minimum absolute atomic E-state index is 0.515. The largest absolute Gasteiger partial charge is 0.0645 e. The fraction of sp³-hybridized carbons (Fsp3) is 0.538. The predicted octanol–water partition coefficient (Wildman–Crippen LogP) is 3.76. The van der Waals surface area contributed by atoms with Crippen molar-refractivity contribution in [2.24, 2.45) is 5.92 Å². The van der Waals surface area contributed by atoms with Crippen molar-refractivity contribution >= 4 is 0 Å². The summed E-state index contributed by atoms with van der Waals surface area (Å²) in [6, 6.07) is 11.0. The third kappa shape index (κ3) is 1.20. The van der Waals surface area contributed by atoms with Gasteiger partial charge in [-0.2, -0.15) is 0 Å². The molecule has 0 N–H and O–H groups in total. The first kappa shape index (κ1) is 8.80. The van der Waals surface area contributed by atoms with Crippen LogP contribution in [0.5, 0.6) is 0 Å². The van der Waals surface area contributed by atoms with Crippen LogP contribution in [0, 0.1) is 5.92 Å². The standard InChI is InChI=1S/C13H18/c1-3-13(10-9-11(13)2)12-7-5-4-6-8-12/h4-8,11H,3,9-10H2,1-2H3. The van der Waals surface area contributed by atoms with E-state index in [-0.39, 0.29) is 0 Å². The Morgan fingerprint density at radius 2 is 2.00 bits per heavy atom. The molecule has 70 valence electrons. The second kappa shape index (κ2) is 3.17. The van der Waals surface area contributed by atoms with E-state index in [2.05, 4.69) is 44.2 Å². The third-order valence-corrected chi connectivity index (χ3v) is 3.95. The van der Waals surface area contributed by atoms with Gasteiger partial charge in [-0.3, -0.25) is 0 Å². The first-order chi connectivity index (χ1) is 6.29. The van der Waals surface area contributed by atoms with E-state index in [1.54, 1.807) is 5.56 Å². The Kier molecular flexibility index (Phi) is 2.15. The highest BCUT2D eigenvalue weighted by molar-refractivity contribution is 5.28. The van der Waals surface area contributed by atoms with E-state index < -0.39 is 0 Å². The van der Waals surface area contributed by atoms with Crippen molar-refractivity contribution in [2.75, 3.05) is 0 Å². The van der Waals surface area contributed by atoms with E-state index >= 15 is 0 Å². The molecule has 0 spiro atoms. The molecule has 1 fully saturated rings. The zero-order valence-electron chi connectivity index (χ0n) is 8.59. The molecule has 1 aromatic rings. The fourth-order valence-electron chi connectivity index (χ4n) is 2.71. The number of hydrogen-bond donors (Lipinski definition) is 0. The molecule has 0 bridgehead atoms. The molecule has 1 saturated carbocycles. The van der Waals surface area contributed by atoms with Crippen molar-refractivity contribution in [2.45, 2.75) is 38.5 Å². The van der Waals surface area contributed by atoms with Crippen LogP contribution in [0.3, 0.4) is 0 Å². The molecule has 2 unspecified atom stereocenters. The lowest BCUT2D eigenvalue weighted by Crippen LogP contribution is -2.42. The lowest BCUT2D eigenvalue weighted by Gasteiger charge is -2.48. The smallest absolute Gasteiger partial charge is 0.00239 e. The van der Waals surface area contributed by atoms with Crippen LogP contribution in [-0.4, -0.2) is 0 Å². The van der Waals surface area contributed by atoms with Crippen molar-refractivity contribution in [3.8, 4) is 0 Å². The van der Waals surface area contributed by atoms with Gasteiger partial charge in [0, 0.05) is 0 Å². The van der Waals surface area contributed by atoms with Crippen LogP contribution in [0.25, 0.3) is 0 Å². The highest BCUT2D eigenvalue weighted by atomic mass is 14.5. The normalized spacial score (nSPS) is 32.6. The van der Waals surface area contributed by atoms with Gasteiger partial charge in [0.2, 0.25) is 0 Å². The predicted molar refractivity (Wildman–Crippen MR) is 56.8 cm³/mol. The van der Waals surface area contributed by atoms with Crippen LogP contribution < -0.4 is 0 Å². The summed E-state index contributed by atoms with van der Waals surface area (Å²) in [5, 5.41) is 0. The van der Waals surface area contributed by atoms with Crippen LogP contribution in [0.15, 0.2) is 30.3 Å². The summed E-state index contributed by atoms with van der Waals surface area (Å²) in [7, 11) is 0. The van der Waals surface area contributed by atoms with Crippen molar-refractivity contribution in [1.82, 2.24) is 0 Å². The SMILES string of the molecule is CCC1(c2ccccc2)CCC1C.